The van der Waals surface area contributed by atoms with E-state index < -0.39 is 5.97 Å². The van der Waals surface area contributed by atoms with Crippen molar-refractivity contribution in [2.24, 2.45) is 5.92 Å². The average molecular weight is 342 g/mol. The highest BCUT2D eigenvalue weighted by Gasteiger charge is 2.52. The second-order valence-electron chi connectivity index (χ2n) is 8.01. The Balaban J connectivity index is 1.30. The molecule has 0 radical (unpaired) electrons. The van der Waals surface area contributed by atoms with Crippen LogP contribution in [-0.4, -0.2) is 47.1 Å². The van der Waals surface area contributed by atoms with Gasteiger partial charge in [-0.3, -0.25) is 14.5 Å². The first-order chi connectivity index (χ1) is 12.1. The molecule has 1 amide bonds. The second-order valence-corrected chi connectivity index (χ2v) is 8.01. The van der Waals surface area contributed by atoms with Gasteiger partial charge in [-0.05, 0) is 50.0 Å². The number of carboxylic acids is 1. The SMILES string of the molecule is O=C(O)CN(CC1CC1)C1CC(NC(=O)C2(c3ccccc3)CC2)C1. The van der Waals surface area contributed by atoms with Crippen molar-refractivity contribution in [3.05, 3.63) is 35.9 Å². The lowest BCUT2D eigenvalue weighted by molar-refractivity contribution is -0.140. The Morgan fingerprint density at radius 1 is 1.16 bits per heavy atom. The second kappa shape index (κ2) is 6.45. The van der Waals surface area contributed by atoms with E-state index in [1.54, 1.807) is 0 Å². The first kappa shape index (κ1) is 16.6. The molecule has 3 saturated carbocycles. The molecule has 2 N–H and O–H groups in total. The minimum absolute atomic E-state index is 0.121. The van der Waals surface area contributed by atoms with Gasteiger partial charge < -0.3 is 10.4 Å². The first-order valence-electron chi connectivity index (χ1n) is 9.39. The topological polar surface area (TPSA) is 69.6 Å². The molecule has 0 aliphatic heterocycles. The molecule has 1 aromatic rings. The lowest BCUT2D eigenvalue weighted by Crippen LogP contribution is -2.56. The number of hydrogen-bond donors (Lipinski definition) is 2. The van der Waals surface area contributed by atoms with Gasteiger partial charge in [0.25, 0.3) is 0 Å². The molecule has 0 bridgehead atoms. The first-order valence-corrected chi connectivity index (χ1v) is 9.39. The van der Waals surface area contributed by atoms with Gasteiger partial charge in [-0.1, -0.05) is 30.3 Å². The molecule has 1 aromatic carbocycles. The van der Waals surface area contributed by atoms with Crippen molar-refractivity contribution in [3.63, 3.8) is 0 Å². The third kappa shape index (κ3) is 3.56. The zero-order valence-corrected chi connectivity index (χ0v) is 14.5. The number of amides is 1. The van der Waals surface area contributed by atoms with Gasteiger partial charge in [-0.2, -0.15) is 0 Å². The summed E-state index contributed by atoms with van der Waals surface area (Å²) in [5, 5.41) is 12.3. The highest BCUT2D eigenvalue weighted by atomic mass is 16.4. The smallest absolute Gasteiger partial charge is 0.317 e. The van der Waals surface area contributed by atoms with Crippen LogP contribution >= 0.6 is 0 Å². The molecule has 3 aliphatic rings. The molecule has 0 spiro atoms. The van der Waals surface area contributed by atoms with Crippen LogP contribution in [0.2, 0.25) is 0 Å². The third-order valence-electron chi connectivity index (χ3n) is 6.00. The van der Waals surface area contributed by atoms with Crippen LogP contribution < -0.4 is 5.32 Å². The van der Waals surface area contributed by atoms with E-state index in [9.17, 15) is 9.59 Å². The van der Waals surface area contributed by atoms with Gasteiger partial charge in [0.05, 0.1) is 12.0 Å². The fourth-order valence-electron chi connectivity index (χ4n) is 4.00. The van der Waals surface area contributed by atoms with Crippen LogP contribution in [0.5, 0.6) is 0 Å². The molecule has 0 saturated heterocycles. The largest absolute Gasteiger partial charge is 0.480 e. The van der Waals surface area contributed by atoms with Crippen molar-refractivity contribution < 1.29 is 14.7 Å². The van der Waals surface area contributed by atoms with Gasteiger partial charge in [0.2, 0.25) is 5.91 Å². The number of rotatable bonds is 8. The Labute approximate surface area is 148 Å². The van der Waals surface area contributed by atoms with Crippen molar-refractivity contribution in [1.29, 1.82) is 0 Å². The van der Waals surface area contributed by atoms with E-state index in [1.807, 2.05) is 30.3 Å². The monoisotopic (exact) mass is 342 g/mol. The van der Waals surface area contributed by atoms with Crippen LogP contribution in [0.15, 0.2) is 30.3 Å². The zero-order valence-electron chi connectivity index (χ0n) is 14.5. The molecule has 25 heavy (non-hydrogen) atoms. The summed E-state index contributed by atoms with van der Waals surface area (Å²) in [6.07, 6.45) is 6.04. The Kier molecular flexibility index (Phi) is 4.28. The Morgan fingerprint density at radius 2 is 1.84 bits per heavy atom. The van der Waals surface area contributed by atoms with Crippen molar-refractivity contribution >= 4 is 11.9 Å². The summed E-state index contributed by atoms with van der Waals surface area (Å²) >= 11 is 0. The van der Waals surface area contributed by atoms with E-state index in [1.165, 1.54) is 12.8 Å². The summed E-state index contributed by atoms with van der Waals surface area (Å²) in [5.41, 5.74) is 0.797. The molecule has 0 aromatic heterocycles. The van der Waals surface area contributed by atoms with Crippen LogP contribution in [0, 0.1) is 5.92 Å². The van der Waals surface area contributed by atoms with Crippen molar-refractivity contribution in [3.8, 4) is 0 Å². The lowest BCUT2D eigenvalue weighted by atomic mass is 9.84. The standard InChI is InChI=1S/C20H26N2O3/c23-18(24)13-22(12-14-6-7-14)17-10-16(11-17)21-19(25)20(8-9-20)15-4-2-1-3-5-15/h1-5,14,16-17H,6-13H2,(H,21,25)(H,23,24). The number of carbonyl (C=O) groups is 2. The number of carboxylic acid groups (broad SMARTS) is 1. The minimum Gasteiger partial charge on any atom is -0.480 e. The molecule has 0 heterocycles. The molecule has 0 unspecified atom stereocenters. The van der Waals surface area contributed by atoms with Crippen LogP contribution in [0.4, 0.5) is 0 Å². The highest BCUT2D eigenvalue weighted by Crippen LogP contribution is 2.48. The van der Waals surface area contributed by atoms with Crippen LogP contribution in [0.3, 0.4) is 0 Å². The fourth-order valence-corrected chi connectivity index (χ4v) is 4.00. The van der Waals surface area contributed by atoms with Crippen LogP contribution in [0.25, 0.3) is 0 Å². The molecule has 3 aliphatic carbocycles. The van der Waals surface area contributed by atoms with E-state index in [0.29, 0.717) is 12.0 Å². The summed E-state index contributed by atoms with van der Waals surface area (Å²) in [6, 6.07) is 10.5. The zero-order chi connectivity index (χ0) is 17.4. The Bertz CT molecular complexity index is 646. The molecule has 0 atom stereocenters. The van der Waals surface area contributed by atoms with E-state index in [2.05, 4.69) is 10.2 Å². The van der Waals surface area contributed by atoms with Crippen molar-refractivity contribution in [2.45, 2.75) is 56.0 Å². The summed E-state index contributed by atoms with van der Waals surface area (Å²) in [6.45, 7) is 1.02. The molecule has 3 fully saturated rings. The Hall–Kier alpha value is -1.88. The third-order valence-corrected chi connectivity index (χ3v) is 6.00. The highest BCUT2D eigenvalue weighted by molar-refractivity contribution is 5.91. The van der Waals surface area contributed by atoms with Crippen LogP contribution in [0.1, 0.15) is 44.1 Å². The maximum Gasteiger partial charge on any atom is 0.317 e. The normalized spacial score (nSPS) is 26.8. The number of hydrogen-bond acceptors (Lipinski definition) is 3. The quantitative estimate of drug-likeness (QED) is 0.760. The number of aliphatic carboxylic acids is 1. The molecular formula is C20H26N2O3. The summed E-state index contributed by atoms with van der Waals surface area (Å²) in [4.78, 5) is 26.0. The number of benzene rings is 1. The fraction of sp³-hybridized carbons (Fsp3) is 0.600. The predicted molar refractivity (Wildman–Crippen MR) is 94.2 cm³/mol. The molecule has 134 valence electrons. The van der Waals surface area contributed by atoms with E-state index in [4.69, 9.17) is 5.11 Å². The molecule has 5 heteroatoms. The molecular weight excluding hydrogens is 316 g/mol. The Morgan fingerprint density at radius 3 is 2.40 bits per heavy atom. The van der Waals surface area contributed by atoms with Gasteiger partial charge in [0, 0.05) is 18.6 Å². The lowest BCUT2D eigenvalue weighted by Gasteiger charge is -2.43. The molecule has 4 rings (SSSR count). The van der Waals surface area contributed by atoms with Gasteiger partial charge in [0.15, 0.2) is 0 Å². The van der Waals surface area contributed by atoms with Crippen molar-refractivity contribution in [1.82, 2.24) is 10.2 Å². The van der Waals surface area contributed by atoms with E-state index >= 15 is 0 Å². The maximum atomic E-state index is 12.8. The van der Waals surface area contributed by atoms with Gasteiger partial charge in [0.1, 0.15) is 0 Å². The predicted octanol–water partition coefficient (Wildman–Crippen LogP) is 2.16. The number of nitrogens with one attached hydrogen (secondary N) is 1. The van der Waals surface area contributed by atoms with E-state index in [-0.39, 0.29) is 23.9 Å². The van der Waals surface area contributed by atoms with Crippen molar-refractivity contribution in [2.75, 3.05) is 13.1 Å². The minimum atomic E-state index is -0.755. The number of carbonyl (C=O) groups excluding carboxylic acids is 1. The summed E-state index contributed by atoms with van der Waals surface area (Å²) in [5.74, 6) is 0.0732. The van der Waals surface area contributed by atoms with E-state index in [0.717, 1.165) is 37.8 Å². The number of nitrogens with zero attached hydrogens (tertiary/aromatic N) is 1. The van der Waals surface area contributed by atoms with Gasteiger partial charge in [-0.25, -0.2) is 0 Å². The van der Waals surface area contributed by atoms with Gasteiger partial charge in [-0.15, -0.1) is 0 Å². The summed E-state index contributed by atoms with van der Waals surface area (Å²) < 4.78 is 0. The van der Waals surface area contributed by atoms with Gasteiger partial charge >= 0.3 is 5.97 Å². The summed E-state index contributed by atoms with van der Waals surface area (Å²) in [7, 11) is 0. The van der Waals surface area contributed by atoms with Crippen LogP contribution in [-0.2, 0) is 15.0 Å². The average Bonchev–Trinajstić information content (AvgIpc) is 3.43. The molecule has 5 nitrogen and oxygen atoms in total. The maximum absolute atomic E-state index is 12.8.